The molecule has 1 aliphatic rings. The van der Waals surface area contributed by atoms with Crippen LogP contribution in [0.1, 0.15) is 0 Å². The first kappa shape index (κ1) is 6.80. The fourth-order valence-electron chi connectivity index (χ4n) is 0.388. The van der Waals surface area contributed by atoms with Crippen molar-refractivity contribution in [3.63, 3.8) is 0 Å². The Morgan fingerprint density at radius 1 is 1.78 bits per heavy atom. The number of nitrogens with two attached hydrogens (primary N) is 1. The highest BCUT2D eigenvalue weighted by molar-refractivity contribution is 6.31. The minimum absolute atomic E-state index is 0.280. The van der Waals surface area contributed by atoms with E-state index in [0.29, 0.717) is 0 Å². The lowest BCUT2D eigenvalue weighted by atomic mass is 10.5. The molecule has 1 rings (SSSR count). The molecule has 6 heteroatoms. The molecular weight excluding hydrogens is 163 g/mol. The van der Waals surface area contributed by atoms with Gasteiger partial charge in [-0.2, -0.15) is 0 Å². The largest absolute Gasteiger partial charge is 0.289 e. The first-order valence-electron chi connectivity index (χ1n) is 2.14. The van der Waals surface area contributed by atoms with Crippen LogP contribution in [0, 0.1) is 0 Å². The zero-order valence-corrected chi connectivity index (χ0v) is 5.82. The number of halogens is 2. The van der Waals surface area contributed by atoms with Crippen molar-refractivity contribution in [1.82, 2.24) is 5.43 Å². The summed E-state index contributed by atoms with van der Waals surface area (Å²) in [7, 11) is 0. The molecule has 4 nitrogen and oxygen atoms in total. The topological polar surface area (TPSA) is 62.8 Å². The first-order valence-corrected chi connectivity index (χ1v) is 2.90. The van der Waals surface area contributed by atoms with Gasteiger partial charge in [-0.15, -0.1) is 5.11 Å². The maximum Gasteiger partial charge on any atom is 0.228 e. The Labute approximate surface area is 61.7 Å². The molecule has 1 heterocycles. The van der Waals surface area contributed by atoms with Gasteiger partial charge in [0, 0.05) is 6.08 Å². The maximum absolute atomic E-state index is 5.48. The van der Waals surface area contributed by atoms with Crippen molar-refractivity contribution in [2.24, 2.45) is 16.1 Å². The van der Waals surface area contributed by atoms with Gasteiger partial charge in [-0.25, -0.2) is 5.43 Å². The van der Waals surface area contributed by atoms with Crippen LogP contribution >= 0.6 is 23.2 Å². The minimum Gasteiger partial charge on any atom is -0.289 e. The van der Waals surface area contributed by atoms with Crippen LogP contribution in [0.4, 0.5) is 0 Å². The Kier molecular flexibility index (Phi) is 1.61. The van der Waals surface area contributed by atoms with Crippen molar-refractivity contribution in [3.05, 3.63) is 11.2 Å². The Bertz CT molecular complexity index is 173. The molecule has 0 aromatic carbocycles. The zero-order chi connectivity index (χ0) is 6.91. The van der Waals surface area contributed by atoms with E-state index in [1.54, 1.807) is 0 Å². The van der Waals surface area contributed by atoms with Crippen molar-refractivity contribution in [2.45, 2.75) is 5.12 Å². The molecule has 0 saturated carbocycles. The number of alkyl halides is 1. The lowest BCUT2D eigenvalue weighted by Gasteiger charge is -2.14. The number of hydrogen-bond acceptors (Lipinski definition) is 4. The molecular formula is C3H4Cl2N4. The van der Waals surface area contributed by atoms with Crippen molar-refractivity contribution >= 4 is 23.2 Å². The molecule has 0 aromatic heterocycles. The quantitative estimate of drug-likeness (QED) is 0.415. The van der Waals surface area contributed by atoms with Gasteiger partial charge in [-0.05, 0) is 0 Å². The molecule has 0 radical (unpaired) electrons. The van der Waals surface area contributed by atoms with Crippen LogP contribution in [0.2, 0.25) is 0 Å². The van der Waals surface area contributed by atoms with Crippen LogP contribution in [0.25, 0.3) is 0 Å². The highest BCUT2D eigenvalue weighted by Gasteiger charge is 2.20. The van der Waals surface area contributed by atoms with Crippen molar-refractivity contribution in [1.29, 1.82) is 0 Å². The van der Waals surface area contributed by atoms with E-state index in [0.717, 1.165) is 0 Å². The summed E-state index contributed by atoms with van der Waals surface area (Å²) < 4.78 is 0. The molecule has 0 spiro atoms. The van der Waals surface area contributed by atoms with Gasteiger partial charge in [0.05, 0.1) is 0 Å². The van der Waals surface area contributed by atoms with E-state index in [9.17, 15) is 0 Å². The van der Waals surface area contributed by atoms with Gasteiger partial charge in [0.2, 0.25) is 5.12 Å². The Morgan fingerprint density at radius 2 is 2.44 bits per heavy atom. The standard InChI is InChI=1S/C3H4Cl2N4/c4-2-1-3(5,6)8-9-7-2/h1H,6H2,(H,7,8). The number of nitrogens with zero attached hydrogens (tertiary/aromatic N) is 2. The van der Waals surface area contributed by atoms with Gasteiger partial charge in [0.25, 0.3) is 0 Å². The van der Waals surface area contributed by atoms with Crippen LogP contribution in [0.5, 0.6) is 0 Å². The van der Waals surface area contributed by atoms with Crippen LogP contribution in [0.15, 0.2) is 21.6 Å². The summed E-state index contributed by atoms with van der Waals surface area (Å²) in [5.74, 6) is 0. The van der Waals surface area contributed by atoms with E-state index in [4.69, 9.17) is 28.9 Å². The molecule has 1 atom stereocenters. The summed E-state index contributed by atoms with van der Waals surface area (Å²) in [5, 5.41) is 5.74. The highest BCUT2D eigenvalue weighted by Crippen LogP contribution is 2.17. The highest BCUT2D eigenvalue weighted by atomic mass is 35.5. The summed E-state index contributed by atoms with van der Waals surface area (Å²) in [6, 6.07) is 0. The number of nitrogens with one attached hydrogen (secondary N) is 1. The van der Waals surface area contributed by atoms with Gasteiger partial charge in [-0.1, -0.05) is 28.4 Å². The molecule has 3 N–H and O–H groups in total. The normalized spacial score (nSPS) is 33.4. The molecule has 0 fully saturated rings. The average Bonchev–Trinajstić information content (AvgIpc) is 1.60. The van der Waals surface area contributed by atoms with E-state index in [1.807, 2.05) is 0 Å². The van der Waals surface area contributed by atoms with E-state index < -0.39 is 5.12 Å². The molecule has 50 valence electrons. The first-order chi connectivity index (χ1) is 4.10. The Balaban J connectivity index is 2.78. The second-order valence-corrected chi connectivity index (χ2v) is 2.54. The predicted octanol–water partition coefficient (Wildman–Crippen LogP) is 0.888. The zero-order valence-electron chi connectivity index (χ0n) is 4.31. The number of rotatable bonds is 0. The second kappa shape index (κ2) is 2.13. The minimum atomic E-state index is -1.28. The lowest BCUT2D eigenvalue weighted by Crippen LogP contribution is -2.31. The fraction of sp³-hybridized carbons (Fsp3) is 0.333. The lowest BCUT2D eigenvalue weighted by molar-refractivity contribution is 0.634. The molecule has 0 saturated heterocycles. The SMILES string of the molecule is NC1(Cl)C=C(Cl)NN=N1. The average molecular weight is 167 g/mol. The maximum atomic E-state index is 5.48. The third-order valence-electron chi connectivity index (χ3n) is 0.689. The predicted molar refractivity (Wildman–Crippen MR) is 34.7 cm³/mol. The van der Waals surface area contributed by atoms with E-state index >= 15 is 0 Å². The van der Waals surface area contributed by atoms with Gasteiger partial charge in [0.1, 0.15) is 5.16 Å². The summed E-state index contributed by atoms with van der Waals surface area (Å²) in [6.45, 7) is 0. The van der Waals surface area contributed by atoms with Crippen LogP contribution in [-0.2, 0) is 0 Å². The fourth-order valence-corrected chi connectivity index (χ4v) is 0.795. The van der Waals surface area contributed by atoms with Gasteiger partial charge >= 0.3 is 0 Å². The molecule has 1 aliphatic heterocycles. The van der Waals surface area contributed by atoms with E-state index in [-0.39, 0.29) is 5.16 Å². The Morgan fingerprint density at radius 3 is 2.78 bits per heavy atom. The van der Waals surface area contributed by atoms with E-state index in [2.05, 4.69) is 15.8 Å². The van der Waals surface area contributed by atoms with Gasteiger partial charge < -0.3 is 0 Å². The summed E-state index contributed by atoms with van der Waals surface area (Å²) in [4.78, 5) is 0. The van der Waals surface area contributed by atoms with Crippen LogP contribution in [-0.4, -0.2) is 5.12 Å². The summed E-state index contributed by atoms with van der Waals surface area (Å²) in [5.41, 5.74) is 7.63. The van der Waals surface area contributed by atoms with Gasteiger partial charge in [-0.3, -0.25) is 5.73 Å². The molecule has 0 bridgehead atoms. The Hall–Kier alpha value is -0.320. The smallest absolute Gasteiger partial charge is 0.228 e. The third-order valence-corrected chi connectivity index (χ3v) is 1.07. The van der Waals surface area contributed by atoms with Crippen molar-refractivity contribution < 1.29 is 0 Å². The van der Waals surface area contributed by atoms with Crippen LogP contribution < -0.4 is 11.2 Å². The van der Waals surface area contributed by atoms with Crippen molar-refractivity contribution in [3.8, 4) is 0 Å². The monoisotopic (exact) mass is 166 g/mol. The molecule has 0 aliphatic carbocycles. The van der Waals surface area contributed by atoms with Crippen molar-refractivity contribution in [2.75, 3.05) is 0 Å². The van der Waals surface area contributed by atoms with E-state index in [1.165, 1.54) is 6.08 Å². The molecule has 9 heavy (non-hydrogen) atoms. The second-order valence-electron chi connectivity index (χ2n) is 1.53. The molecule has 0 aromatic rings. The van der Waals surface area contributed by atoms with Crippen LogP contribution in [0.3, 0.4) is 0 Å². The van der Waals surface area contributed by atoms with Gasteiger partial charge in [0.15, 0.2) is 0 Å². The molecule has 0 amide bonds. The third kappa shape index (κ3) is 1.82. The number of hydrogen-bond donors (Lipinski definition) is 2. The summed E-state index contributed by atoms with van der Waals surface area (Å²) in [6.07, 6.45) is 1.35. The molecule has 1 unspecified atom stereocenters. The summed E-state index contributed by atoms with van der Waals surface area (Å²) >= 11 is 10.9.